The molecule has 0 aromatic heterocycles. The Balaban J connectivity index is 3.86. The summed E-state index contributed by atoms with van der Waals surface area (Å²) in [5, 5.41) is 30.1. The molecule has 5 unspecified atom stereocenters. The summed E-state index contributed by atoms with van der Waals surface area (Å²) < 4.78 is 53.1. The predicted molar refractivity (Wildman–Crippen MR) is 270 cm³/mol. The zero-order chi connectivity index (χ0) is 50.2. The number of phosphoric ester groups is 2. The number of aliphatic hydroxyl groups excluding tert-OH is 3. The van der Waals surface area contributed by atoms with E-state index in [1.54, 1.807) is 0 Å². The highest BCUT2D eigenvalue weighted by Crippen LogP contribution is 2.45. The zero-order valence-corrected chi connectivity index (χ0v) is 44.1. The van der Waals surface area contributed by atoms with E-state index in [0.29, 0.717) is 12.8 Å². The van der Waals surface area contributed by atoms with Gasteiger partial charge in [0.1, 0.15) is 31.5 Å². The lowest BCUT2D eigenvalue weighted by molar-refractivity contribution is -0.148. The van der Waals surface area contributed by atoms with E-state index >= 15 is 0 Å². The van der Waals surface area contributed by atoms with Gasteiger partial charge < -0.3 is 34.6 Å². The van der Waals surface area contributed by atoms with Gasteiger partial charge in [-0.15, -0.1) is 0 Å². The average molecular weight is 1010 g/mol. The third kappa shape index (κ3) is 49.2. The molecule has 0 radical (unpaired) electrons. The van der Waals surface area contributed by atoms with Gasteiger partial charge in [-0.1, -0.05) is 192 Å². The summed E-state index contributed by atoms with van der Waals surface area (Å²) >= 11 is 0. The molecule has 0 aliphatic heterocycles. The van der Waals surface area contributed by atoms with E-state index in [-0.39, 0.29) is 12.8 Å². The highest BCUT2D eigenvalue weighted by atomic mass is 31.2. The van der Waals surface area contributed by atoms with Gasteiger partial charge in [0.15, 0.2) is 0 Å². The summed E-state index contributed by atoms with van der Waals surface area (Å²) in [5.41, 5.74) is 0. The fraction of sp³-hybridized carbons (Fsp3) is 0.843. The van der Waals surface area contributed by atoms with Crippen LogP contribution in [0.25, 0.3) is 0 Å². The molecule has 17 heteroatoms. The van der Waals surface area contributed by atoms with Gasteiger partial charge in [0.25, 0.3) is 0 Å². The molecule has 0 spiro atoms. The minimum Gasteiger partial charge on any atom is -0.463 e. The SMILES string of the molecule is CCCCC/C=C\C/C=C\C/C=C\CCCCCCC(=O)OCC(O)COP(=O)(O)OCC(O)COP(=O)(O)OCC(O)COC(=O)CCCCCCCCCCCCCCCCCCCCC. The van der Waals surface area contributed by atoms with Crippen molar-refractivity contribution >= 4 is 27.6 Å². The van der Waals surface area contributed by atoms with Crippen LogP contribution < -0.4 is 0 Å². The zero-order valence-electron chi connectivity index (χ0n) is 42.3. The number of carbonyl (C=O) groups is 2. The van der Waals surface area contributed by atoms with Crippen molar-refractivity contribution < 1.29 is 71.4 Å². The summed E-state index contributed by atoms with van der Waals surface area (Å²) in [4.78, 5) is 43.8. The molecule has 0 aromatic carbocycles. The third-order valence-corrected chi connectivity index (χ3v) is 13.0. The van der Waals surface area contributed by atoms with Crippen LogP contribution in [-0.2, 0) is 46.3 Å². The normalized spacial score (nSPS) is 15.2. The number of esters is 2. The smallest absolute Gasteiger partial charge is 0.463 e. The van der Waals surface area contributed by atoms with Crippen LogP contribution in [0.3, 0.4) is 0 Å². The van der Waals surface area contributed by atoms with Crippen LogP contribution in [0.1, 0.15) is 219 Å². The first-order valence-electron chi connectivity index (χ1n) is 26.3. The van der Waals surface area contributed by atoms with Crippen molar-refractivity contribution in [2.45, 2.75) is 238 Å². The molecule has 400 valence electrons. The van der Waals surface area contributed by atoms with Crippen LogP contribution in [0, 0.1) is 0 Å². The second-order valence-electron chi connectivity index (χ2n) is 17.9. The fourth-order valence-corrected chi connectivity index (χ4v) is 8.58. The van der Waals surface area contributed by atoms with Gasteiger partial charge in [-0.05, 0) is 51.4 Å². The van der Waals surface area contributed by atoms with Crippen LogP contribution in [0.2, 0.25) is 0 Å². The summed E-state index contributed by atoms with van der Waals surface area (Å²) in [6, 6.07) is 0. The van der Waals surface area contributed by atoms with Gasteiger partial charge in [-0.3, -0.25) is 27.7 Å². The lowest BCUT2D eigenvalue weighted by Crippen LogP contribution is -2.25. The molecule has 0 saturated carbocycles. The molecule has 5 N–H and O–H groups in total. The second-order valence-corrected chi connectivity index (χ2v) is 20.8. The number of hydrogen-bond acceptors (Lipinski definition) is 13. The van der Waals surface area contributed by atoms with Crippen molar-refractivity contribution in [3.05, 3.63) is 36.5 Å². The molecule has 0 amide bonds. The Hall–Kier alpha value is -1.74. The van der Waals surface area contributed by atoms with Gasteiger partial charge in [0.05, 0.1) is 26.4 Å². The number of rotatable bonds is 51. The minimum atomic E-state index is -4.79. The molecule has 68 heavy (non-hydrogen) atoms. The fourth-order valence-electron chi connectivity index (χ4n) is 6.99. The molecular formula is C51H96O15P2. The van der Waals surface area contributed by atoms with E-state index in [4.69, 9.17) is 14.0 Å². The number of phosphoric acid groups is 2. The van der Waals surface area contributed by atoms with E-state index in [1.807, 2.05) is 0 Å². The highest BCUT2D eigenvalue weighted by molar-refractivity contribution is 7.47. The lowest BCUT2D eigenvalue weighted by Gasteiger charge is -2.19. The van der Waals surface area contributed by atoms with E-state index in [2.05, 4.69) is 63.9 Å². The molecule has 0 rings (SSSR count). The molecule has 0 fully saturated rings. The summed E-state index contributed by atoms with van der Waals surface area (Å²) in [7, 11) is -9.58. The van der Waals surface area contributed by atoms with Crippen LogP contribution in [0.5, 0.6) is 0 Å². The number of unbranched alkanes of at least 4 members (excludes halogenated alkanes) is 25. The first-order valence-corrected chi connectivity index (χ1v) is 29.3. The third-order valence-electron chi connectivity index (χ3n) is 11.1. The molecule has 0 saturated heterocycles. The highest BCUT2D eigenvalue weighted by Gasteiger charge is 2.28. The molecule has 0 aliphatic carbocycles. The topological polar surface area (TPSA) is 225 Å². The first-order chi connectivity index (χ1) is 32.8. The van der Waals surface area contributed by atoms with Crippen molar-refractivity contribution in [2.24, 2.45) is 0 Å². The van der Waals surface area contributed by atoms with Gasteiger partial charge in [0.2, 0.25) is 0 Å². The maximum atomic E-state index is 12.2. The molecule has 0 aromatic rings. The Bertz CT molecular complexity index is 1360. The van der Waals surface area contributed by atoms with Crippen LogP contribution in [0.4, 0.5) is 0 Å². The minimum absolute atomic E-state index is 0.171. The monoisotopic (exact) mass is 1010 g/mol. The Labute approximate surface area is 411 Å². The summed E-state index contributed by atoms with van der Waals surface area (Å²) in [6.07, 6.45) is 44.1. The van der Waals surface area contributed by atoms with Crippen molar-refractivity contribution in [3.8, 4) is 0 Å². The number of carbonyl (C=O) groups excluding carboxylic acids is 2. The van der Waals surface area contributed by atoms with Gasteiger partial charge in [-0.25, -0.2) is 9.13 Å². The first kappa shape index (κ1) is 66.3. The van der Waals surface area contributed by atoms with Crippen LogP contribution in [-0.4, -0.2) is 95.0 Å². The van der Waals surface area contributed by atoms with Crippen molar-refractivity contribution in [1.29, 1.82) is 0 Å². The lowest BCUT2D eigenvalue weighted by atomic mass is 10.0. The van der Waals surface area contributed by atoms with Crippen LogP contribution in [0.15, 0.2) is 36.5 Å². The molecule has 5 atom stereocenters. The molecule has 0 heterocycles. The van der Waals surface area contributed by atoms with Gasteiger partial charge in [0, 0.05) is 12.8 Å². The Kier molecular flexibility index (Phi) is 46.4. The second kappa shape index (κ2) is 47.6. The van der Waals surface area contributed by atoms with E-state index in [1.165, 1.54) is 116 Å². The van der Waals surface area contributed by atoms with Crippen molar-refractivity contribution in [3.63, 3.8) is 0 Å². The maximum Gasteiger partial charge on any atom is 0.472 e. The van der Waals surface area contributed by atoms with Crippen molar-refractivity contribution in [2.75, 3.05) is 39.6 Å². The quantitative estimate of drug-likeness (QED) is 0.0165. The van der Waals surface area contributed by atoms with E-state index < -0.39 is 85.5 Å². The Morgan fingerprint density at radius 2 is 0.632 bits per heavy atom. The molecule has 15 nitrogen and oxygen atoms in total. The largest absolute Gasteiger partial charge is 0.472 e. The van der Waals surface area contributed by atoms with E-state index in [9.17, 15) is 43.8 Å². The Morgan fingerprint density at radius 1 is 0.382 bits per heavy atom. The van der Waals surface area contributed by atoms with Crippen molar-refractivity contribution in [1.82, 2.24) is 0 Å². The predicted octanol–water partition coefficient (Wildman–Crippen LogP) is 12.6. The van der Waals surface area contributed by atoms with E-state index in [0.717, 1.165) is 64.2 Å². The molecular weight excluding hydrogens is 914 g/mol. The summed E-state index contributed by atoms with van der Waals surface area (Å²) in [5.74, 6) is -1.01. The standard InChI is InChI=1S/C51H96O15P2/c1-3-5-7-9-11-13-15-17-19-21-22-24-26-28-30-32-34-36-38-40-51(56)62-42-48(53)44-64-68(59,60)66-46-49(54)45-65-67(57,58)63-43-47(52)41-61-50(55)39-37-35-33-31-29-27-25-23-20-18-16-14-12-10-8-6-4-2/h12,14,18,20,25,27,47-49,52-54H,3-11,13,15-17,19,21-24,26,28-46H2,1-2H3,(H,57,58)(H,59,60)/b14-12-,20-18-,27-25-. The number of allylic oxidation sites excluding steroid dienone is 6. The number of hydrogen-bond donors (Lipinski definition) is 5. The van der Waals surface area contributed by atoms with Gasteiger partial charge >= 0.3 is 27.6 Å². The maximum absolute atomic E-state index is 12.2. The summed E-state index contributed by atoms with van der Waals surface area (Å²) in [6.45, 7) is 0.404. The number of ether oxygens (including phenoxy) is 2. The van der Waals surface area contributed by atoms with Crippen LogP contribution >= 0.6 is 15.6 Å². The molecule has 0 aliphatic rings. The Morgan fingerprint density at radius 3 is 0.971 bits per heavy atom. The average Bonchev–Trinajstić information content (AvgIpc) is 3.31. The number of aliphatic hydroxyl groups is 3. The van der Waals surface area contributed by atoms with Gasteiger partial charge in [-0.2, -0.15) is 0 Å². The molecule has 0 bridgehead atoms.